The van der Waals surface area contributed by atoms with E-state index in [-0.39, 0.29) is 0 Å². The summed E-state index contributed by atoms with van der Waals surface area (Å²) in [6.07, 6.45) is 12.8. The van der Waals surface area contributed by atoms with Crippen LogP contribution in [-0.2, 0) is 4.79 Å². The molecule has 2 saturated heterocycles. The molecule has 0 aromatic rings. The Labute approximate surface area is 123 Å². The fourth-order valence-electron chi connectivity index (χ4n) is 3.99. The predicted molar refractivity (Wildman–Crippen MR) is 81.5 cm³/mol. The van der Waals surface area contributed by atoms with Gasteiger partial charge in [0.1, 0.15) is 0 Å². The van der Waals surface area contributed by atoms with Crippen molar-refractivity contribution in [1.29, 1.82) is 0 Å². The van der Waals surface area contributed by atoms with Crippen molar-refractivity contribution in [2.24, 2.45) is 11.8 Å². The number of rotatable bonds is 4. The lowest BCUT2D eigenvalue weighted by molar-refractivity contribution is -0.133. The highest BCUT2D eigenvalue weighted by molar-refractivity contribution is 5.76. The van der Waals surface area contributed by atoms with Gasteiger partial charge in [-0.25, -0.2) is 0 Å². The fourth-order valence-corrected chi connectivity index (χ4v) is 3.99. The summed E-state index contributed by atoms with van der Waals surface area (Å²) >= 11 is 0. The maximum atomic E-state index is 12.4. The van der Waals surface area contributed by atoms with E-state index >= 15 is 0 Å². The Morgan fingerprint density at radius 1 is 1.10 bits per heavy atom. The van der Waals surface area contributed by atoms with Crippen LogP contribution in [0.1, 0.15) is 44.9 Å². The van der Waals surface area contributed by atoms with Crippen molar-refractivity contribution < 1.29 is 4.79 Å². The summed E-state index contributed by atoms with van der Waals surface area (Å²) in [4.78, 5) is 17.2. The molecule has 20 heavy (non-hydrogen) atoms. The lowest BCUT2D eigenvalue weighted by atomic mass is 9.96. The Kier molecular flexibility index (Phi) is 4.77. The number of likely N-dealkylation sites (tertiary alicyclic amines) is 2. The van der Waals surface area contributed by atoms with E-state index in [2.05, 4.69) is 22.0 Å². The van der Waals surface area contributed by atoms with Crippen LogP contribution in [0.2, 0.25) is 0 Å². The molecule has 0 bridgehead atoms. The Morgan fingerprint density at radius 3 is 2.70 bits per heavy atom. The van der Waals surface area contributed by atoms with Crippen LogP contribution in [0, 0.1) is 11.8 Å². The lowest BCUT2D eigenvalue weighted by Gasteiger charge is -2.35. The quantitative estimate of drug-likeness (QED) is 0.737. The summed E-state index contributed by atoms with van der Waals surface area (Å²) in [5, 5.41) is 0. The first-order chi connectivity index (χ1) is 9.81. The normalized spacial score (nSPS) is 31.1. The van der Waals surface area contributed by atoms with Crippen LogP contribution in [0.5, 0.6) is 0 Å². The van der Waals surface area contributed by atoms with E-state index in [1.807, 2.05) is 0 Å². The molecule has 112 valence electrons. The Hall–Kier alpha value is -0.830. The van der Waals surface area contributed by atoms with Crippen molar-refractivity contribution >= 4 is 5.91 Å². The van der Waals surface area contributed by atoms with E-state index in [0.29, 0.717) is 17.7 Å². The molecular formula is C17H28N2O. The summed E-state index contributed by atoms with van der Waals surface area (Å²) in [6, 6.07) is 0. The number of nitrogens with zero attached hydrogens (tertiary/aromatic N) is 2. The van der Waals surface area contributed by atoms with Gasteiger partial charge in [-0.2, -0.15) is 0 Å². The highest BCUT2D eigenvalue weighted by Crippen LogP contribution is 2.24. The van der Waals surface area contributed by atoms with Crippen LogP contribution >= 0.6 is 0 Å². The second kappa shape index (κ2) is 6.75. The number of carbonyl (C=O) groups excluding carboxylic acids is 1. The van der Waals surface area contributed by atoms with Gasteiger partial charge in [0.25, 0.3) is 0 Å². The van der Waals surface area contributed by atoms with Crippen LogP contribution in [0.15, 0.2) is 12.2 Å². The van der Waals surface area contributed by atoms with Crippen molar-refractivity contribution in [3.63, 3.8) is 0 Å². The Bertz CT molecular complexity index is 360. The van der Waals surface area contributed by atoms with Crippen LogP contribution in [0.25, 0.3) is 0 Å². The Morgan fingerprint density at radius 2 is 1.95 bits per heavy atom. The number of carbonyl (C=O) groups is 1. The maximum absolute atomic E-state index is 12.4. The fraction of sp³-hybridized carbons (Fsp3) is 0.824. The third-order valence-electron chi connectivity index (χ3n) is 5.14. The number of hydrogen-bond donors (Lipinski definition) is 0. The van der Waals surface area contributed by atoms with Crippen molar-refractivity contribution in [3.05, 3.63) is 12.2 Å². The van der Waals surface area contributed by atoms with Crippen LogP contribution in [0.4, 0.5) is 0 Å². The summed E-state index contributed by atoms with van der Waals surface area (Å²) in [5.74, 6) is 1.62. The van der Waals surface area contributed by atoms with E-state index in [4.69, 9.17) is 0 Å². The zero-order chi connectivity index (χ0) is 13.8. The summed E-state index contributed by atoms with van der Waals surface area (Å²) < 4.78 is 0. The molecule has 0 N–H and O–H groups in total. The topological polar surface area (TPSA) is 23.6 Å². The van der Waals surface area contributed by atoms with E-state index in [9.17, 15) is 4.79 Å². The van der Waals surface area contributed by atoms with Gasteiger partial charge in [0.05, 0.1) is 0 Å². The van der Waals surface area contributed by atoms with Crippen LogP contribution < -0.4 is 0 Å². The van der Waals surface area contributed by atoms with Crippen LogP contribution in [0.3, 0.4) is 0 Å². The molecule has 3 aliphatic rings. The molecule has 0 saturated carbocycles. The maximum Gasteiger partial charge on any atom is 0.223 e. The monoisotopic (exact) mass is 276 g/mol. The number of amides is 1. The van der Waals surface area contributed by atoms with Gasteiger partial charge >= 0.3 is 0 Å². The first-order valence-corrected chi connectivity index (χ1v) is 8.48. The molecule has 0 aromatic heterocycles. The van der Waals surface area contributed by atoms with Gasteiger partial charge in [0.15, 0.2) is 0 Å². The molecular weight excluding hydrogens is 248 g/mol. The largest absolute Gasteiger partial charge is 0.342 e. The second-order valence-electron chi connectivity index (χ2n) is 6.83. The smallest absolute Gasteiger partial charge is 0.223 e. The van der Waals surface area contributed by atoms with Gasteiger partial charge in [-0.15, -0.1) is 0 Å². The summed E-state index contributed by atoms with van der Waals surface area (Å²) in [7, 11) is 0. The molecule has 0 unspecified atom stereocenters. The van der Waals surface area contributed by atoms with Gasteiger partial charge in [-0.1, -0.05) is 12.2 Å². The highest BCUT2D eigenvalue weighted by atomic mass is 16.2. The number of hydrogen-bond acceptors (Lipinski definition) is 2. The van der Waals surface area contributed by atoms with Crippen molar-refractivity contribution in [2.75, 3.05) is 32.7 Å². The van der Waals surface area contributed by atoms with E-state index in [1.165, 1.54) is 51.7 Å². The summed E-state index contributed by atoms with van der Waals surface area (Å²) in [6.45, 7) is 5.76. The minimum Gasteiger partial charge on any atom is -0.342 e. The first kappa shape index (κ1) is 14.1. The molecule has 2 heterocycles. The molecule has 0 radical (unpaired) electrons. The molecule has 0 spiro atoms. The average molecular weight is 276 g/mol. The van der Waals surface area contributed by atoms with Crippen molar-refractivity contribution in [1.82, 2.24) is 9.80 Å². The van der Waals surface area contributed by atoms with E-state index < -0.39 is 0 Å². The van der Waals surface area contributed by atoms with Gasteiger partial charge in [0, 0.05) is 26.1 Å². The van der Waals surface area contributed by atoms with Crippen molar-refractivity contribution in [2.45, 2.75) is 44.9 Å². The lowest BCUT2D eigenvalue weighted by Crippen LogP contribution is -2.43. The zero-order valence-corrected chi connectivity index (χ0v) is 12.6. The highest BCUT2D eigenvalue weighted by Gasteiger charge is 2.27. The van der Waals surface area contributed by atoms with Crippen molar-refractivity contribution in [3.8, 4) is 0 Å². The molecule has 2 fully saturated rings. The molecule has 1 amide bonds. The van der Waals surface area contributed by atoms with Gasteiger partial charge in [0.2, 0.25) is 5.91 Å². The third-order valence-corrected chi connectivity index (χ3v) is 5.14. The Balaban J connectivity index is 1.46. The molecule has 3 nitrogen and oxygen atoms in total. The zero-order valence-electron chi connectivity index (χ0n) is 12.6. The number of piperidine rings is 1. The molecule has 3 rings (SSSR count). The molecule has 1 aliphatic carbocycles. The molecule has 3 heteroatoms. The van der Waals surface area contributed by atoms with Crippen LogP contribution in [-0.4, -0.2) is 48.4 Å². The average Bonchev–Trinajstić information content (AvgIpc) is 3.12. The minimum absolute atomic E-state index is 0.396. The molecule has 0 aromatic carbocycles. The second-order valence-corrected chi connectivity index (χ2v) is 6.83. The predicted octanol–water partition coefficient (Wildman–Crippen LogP) is 2.68. The van der Waals surface area contributed by atoms with E-state index in [1.54, 1.807) is 0 Å². The SMILES string of the molecule is O=C(C[C@@H]1C=CCC1)N1CCC[C@H](CN2CCCC2)C1. The summed E-state index contributed by atoms with van der Waals surface area (Å²) in [5.41, 5.74) is 0. The third kappa shape index (κ3) is 3.63. The van der Waals surface area contributed by atoms with Gasteiger partial charge in [-0.3, -0.25) is 4.79 Å². The standard InChI is InChI=1S/C17H28N2O/c20-17(12-15-6-1-2-7-15)19-11-5-8-16(14-19)13-18-9-3-4-10-18/h1,6,15-16H,2-5,7-14H2/t15-,16-/m1/s1. The molecule has 2 atom stereocenters. The van der Waals surface area contributed by atoms with Gasteiger partial charge in [-0.05, 0) is 63.5 Å². The number of allylic oxidation sites excluding steroid dienone is 2. The minimum atomic E-state index is 0.396. The first-order valence-electron chi connectivity index (χ1n) is 8.48. The van der Waals surface area contributed by atoms with Gasteiger partial charge < -0.3 is 9.80 Å². The molecule has 2 aliphatic heterocycles. The van der Waals surface area contributed by atoms with E-state index in [0.717, 1.165) is 25.9 Å².